The zero-order valence-corrected chi connectivity index (χ0v) is 25.7. The molecule has 2 aliphatic heterocycles. The maximum Gasteiger partial charge on any atom is 0.338 e. The SMILES string of the molecule is Br.CC1=C[N+](C)(C(c2ccccc2)(c2ccccc2)c2ccccc2)C=[N+]1CCCCN1C(=O)c2ccccc2C1=O. The Labute approximate surface area is 258 Å². The predicted molar refractivity (Wildman–Crippen MR) is 172 cm³/mol. The van der Waals surface area contributed by atoms with E-state index in [1.54, 1.807) is 24.3 Å². The topological polar surface area (TPSA) is 40.4 Å². The van der Waals surface area contributed by atoms with Gasteiger partial charge in [-0.25, -0.2) is 0 Å². The molecule has 0 saturated carbocycles. The number of hydrogen-bond acceptors (Lipinski definition) is 2. The summed E-state index contributed by atoms with van der Waals surface area (Å²) in [6, 6.07) is 39.4. The van der Waals surface area contributed by atoms with Gasteiger partial charge in [0.15, 0.2) is 18.3 Å². The first kappa shape index (κ1) is 29.4. The molecule has 0 radical (unpaired) electrons. The van der Waals surface area contributed by atoms with Crippen molar-refractivity contribution in [2.24, 2.45) is 0 Å². The van der Waals surface area contributed by atoms with E-state index in [4.69, 9.17) is 0 Å². The Morgan fingerprint density at radius 3 is 1.55 bits per heavy atom. The highest BCUT2D eigenvalue weighted by Crippen LogP contribution is 2.47. The van der Waals surface area contributed by atoms with Crippen LogP contribution in [0, 0.1) is 0 Å². The Kier molecular flexibility index (Phi) is 8.39. The molecule has 42 heavy (non-hydrogen) atoms. The molecule has 2 amide bonds. The highest BCUT2D eigenvalue weighted by molar-refractivity contribution is 8.93. The second kappa shape index (κ2) is 12.0. The van der Waals surface area contributed by atoms with Gasteiger partial charge in [-0.05, 0) is 18.6 Å². The van der Waals surface area contributed by atoms with Crippen LogP contribution < -0.4 is 0 Å². The molecule has 6 heteroatoms. The number of allylic oxidation sites excluding steroid dienone is 1. The van der Waals surface area contributed by atoms with E-state index in [0.717, 1.165) is 19.4 Å². The summed E-state index contributed by atoms with van der Waals surface area (Å²) in [6.07, 6.45) is 6.26. The molecule has 0 fully saturated rings. The van der Waals surface area contributed by atoms with Crippen LogP contribution in [-0.4, -0.2) is 52.2 Å². The molecule has 2 heterocycles. The molecule has 2 aliphatic rings. The van der Waals surface area contributed by atoms with Crippen molar-refractivity contribution < 1.29 is 18.6 Å². The van der Waals surface area contributed by atoms with Crippen LogP contribution in [0.1, 0.15) is 57.2 Å². The third-order valence-electron chi connectivity index (χ3n) is 8.49. The lowest BCUT2D eigenvalue weighted by Crippen LogP contribution is -2.56. The first-order chi connectivity index (χ1) is 20.0. The Morgan fingerprint density at radius 2 is 1.10 bits per heavy atom. The van der Waals surface area contributed by atoms with Crippen molar-refractivity contribution in [3.05, 3.63) is 155 Å². The number of nitrogens with zero attached hydrogens (tertiary/aromatic N) is 3. The van der Waals surface area contributed by atoms with Crippen molar-refractivity contribution >= 4 is 35.1 Å². The van der Waals surface area contributed by atoms with Gasteiger partial charge in [0, 0.05) is 36.6 Å². The molecule has 0 aromatic heterocycles. The smallest absolute Gasteiger partial charge is 0.274 e. The molecular formula is C36H36BrN3O2+2. The fraction of sp³-hybridized carbons (Fsp3) is 0.194. The molecule has 0 aliphatic carbocycles. The summed E-state index contributed by atoms with van der Waals surface area (Å²) < 4.78 is 2.86. The number of carbonyl (C=O) groups is 2. The molecule has 6 rings (SSSR count). The number of hydrogen-bond donors (Lipinski definition) is 0. The molecule has 0 bridgehead atoms. The Balaban J connectivity index is 0.00000353. The minimum atomic E-state index is -0.514. The van der Waals surface area contributed by atoms with Crippen molar-refractivity contribution in [3.8, 4) is 0 Å². The van der Waals surface area contributed by atoms with Crippen molar-refractivity contribution in [2.75, 3.05) is 20.1 Å². The summed E-state index contributed by atoms with van der Waals surface area (Å²) in [5.41, 5.74) is 5.33. The van der Waals surface area contributed by atoms with Crippen molar-refractivity contribution in [3.63, 3.8) is 0 Å². The van der Waals surface area contributed by atoms with Crippen molar-refractivity contribution in [1.29, 1.82) is 0 Å². The zero-order valence-electron chi connectivity index (χ0n) is 24.0. The monoisotopic (exact) mass is 621 g/mol. The summed E-state index contributed by atoms with van der Waals surface area (Å²) in [7, 11) is 2.27. The summed E-state index contributed by atoms with van der Waals surface area (Å²) in [6.45, 7) is 3.39. The number of carbonyl (C=O) groups excluding carboxylic acids is 2. The number of unbranched alkanes of at least 4 members (excludes halogenated alkanes) is 1. The van der Waals surface area contributed by atoms with Crippen LogP contribution in [0.5, 0.6) is 0 Å². The lowest BCUT2D eigenvalue weighted by Gasteiger charge is -2.43. The first-order valence-electron chi connectivity index (χ1n) is 14.3. The van der Waals surface area contributed by atoms with E-state index in [9.17, 15) is 9.59 Å². The molecule has 212 valence electrons. The molecule has 1 unspecified atom stereocenters. The largest absolute Gasteiger partial charge is 0.338 e. The summed E-state index contributed by atoms with van der Waals surface area (Å²) in [5, 5.41) is 0. The van der Waals surface area contributed by atoms with Crippen LogP contribution in [0.4, 0.5) is 0 Å². The fourth-order valence-electron chi connectivity index (χ4n) is 6.66. The fourth-order valence-corrected chi connectivity index (χ4v) is 6.66. The number of halogens is 1. The second-order valence-corrected chi connectivity index (χ2v) is 11.0. The first-order valence-corrected chi connectivity index (χ1v) is 14.3. The maximum absolute atomic E-state index is 12.8. The van der Waals surface area contributed by atoms with Crippen LogP contribution in [0.15, 0.2) is 127 Å². The van der Waals surface area contributed by atoms with Crippen LogP contribution in [0.3, 0.4) is 0 Å². The van der Waals surface area contributed by atoms with Crippen LogP contribution in [0.25, 0.3) is 0 Å². The van der Waals surface area contributed by atoms with E-state index in [1.807, 2.05) is 0 Å². The molecule has 0 N–H and O–H groups in total. The van der Waals surface area contributed by atoms with Crippen molar-refractivity contribution in [2.45, 2.75) is 25.3 Å². The summed E-state index contributed by atoms with van der Waals surface area (Å²) in [4.78, 5) is 27.0. The third-order valence-corrected chi connectivity index (χ3v) is 8.49. The number of quaternary nitrogens is 1. The van der Waals surface area contributed by atoms with Gasteiger partial charge in [-0.3, -0.25) is 14.5 Å². The Morgan fingerprint density at radius 1 is 0.667 bits per heavy atom. The lowest BCUT2D eigenvalue weighted by atomic mass is 9.74. The van der Waals surface area contributed by atoms with E-state index in [-0.39, 0.29) is 28.8 Å². The number of imide groups is 1. The van der Waals surface area contributed by atoms with E-state index in [2.05, 4.69) is 122 Å². The average molecular weight is 623 g/mol. The van der Waals surface area contributed by atoms with Gasteiger partial charge in [0.1, 0.15) is 0 Å². The summed E-state index contributed by atoms with van der Waals surface area (Å²) in [5.74, 6) is -0.367. The van der Waals surface area contributed by atoms with E-state index < -0.39 is 5.54 Å². The van der Waals surface area contributed by atoms with Crippen LogP contribution >= 0.6 is 17.0 Å². The molecule has 4 aromatic rings. The zero-order chi connectivity index (χ0) is 28.5. The van der Waals surface area contributed by atoms with Crippen LogP contribution in [0.2, 0.25) is 0 Å². The van der Waals surface area contributed by atoms with Gasteiger partial charge in [0.05, 0.1) is 18.2 Å². The Bertz CT molecular complexity index is 1520. The van der Waals surface area contributed by atoms with Gasteiger partial charge < -0.3 is 0 Å². The van der Waals surface area contributed by atoms with Gasteiger partial charge >= 0.3 is 6.34 Å². The standard InChI is InChI=1S/C36H35N3O2.BrH/c1-28-26-39(2,27-37(28)24-14-15-25-38-34(40)32-22-12-13-23-33(32)35(38)41)36(29-16-6-3-7-17-29,30-18-8-4-9-19-30)31-20-10-5-11-21-31;/h3-13,16-23,26-27H,14-15,24-25H2,1-2H3;1H/q+2;. The molecular weight excluding hydrogens is 586 g/mol. The number of rotatable bonds is 9. The number of fused-ring (bicyclic) bond motifs is 1. The van der Waals surface area contributed by atoms with E-state index >= 15 is 0 Å². The Hall–Kier alpha value is -4.13. The quantitative estimate of drug-likeness (QED) is 0.0664. The normalized spacial score (nSPS) is 17.9. The average Bonchev–Trinajstić information content (AvgIpc) is 3.44. The van der Waals surface area contributed by atoms with Gasteiger partial charge in [-0.15, -0.1) is 17.0 Å². The third kappa shape index (κ3) is 4.85. The molecule has 5 nitrogen and oxygen atoms in total. The summed E-state index contributed by atoms with van der Waals surface area (Å²) >= 11 is 0. The van der Waals surface area contributed by atoms with E-state index in [0.29, 0.717) is 22.2 Å². The van der Waals surface area contributed by atoms with Gasteiger partial charge in [-0.2, -0.15) is 9.06 Å². The predicted octanol–water partition coefficient (Wildman–Crippen LogP) is 7.00. The number of benzene rings is 4. The minimum absolute atomic E-state index is 0. The van der Waals surface area contributed by atoms with Gasteiger partial charge in [-0.1, -0.05) is 103 Å². The lowest BCUT2D eigenvalue weighted by molar-refractivity contribution is -0.820. The highest BCUT2D eigenvalue weighted by atomic mass is 79.9. The van der Waals surface area contributed by atoms with Crippen molar-refractivity contribution in [1.82, 2.24) is 4.90 Å². The van der Waals surface area contributed by atoms with Crippen LogP contribution in [-0.2, 0) is 5.54 Å². The molecule has 0 saturated heterocycles. The second-order valence-electron chi connectivity index (χ2n) is 11.0. The maximum atomic E-state index is 12.8. The number of amides is 2. The molecule has 0 spiro atoms. The molecule has 4 aromatic carbocycles. The van der Waals surface area contributed by atoms with E-state index in [1.165, 1.54) is 27.3 Å². The van der Waals surface area contributed by atoms with Gasteiger partial charge in [0.2, 0.25) is 5.70 Å². The highest BCUT2D eigenvalue weighted by Gasteiger charge is 2.56. The molecule has 1 atom stereocenters. The minimum Gasteiger partial charge on any atom is -0.274 e. The van der Waals surface area contributed by atoms with Gasteiger partial charge in [0.25, 0.3) is 11.8 Å².